The molecule has 2 rings (SSSR count). The van der Waals surface area contributed by atoms with Crippen LogP contribution in [0.2, 0.25) is 0 Å². The molecular formula is C17H31N3. The molecule has 1 saturated heterocycles. The second-order valence-corrected chi connectivity index (χ2v) is 5.41. The molecule has 1 aromatic carbocycles. The maximum Gasteiger partial charge on any atom is 0.0523 e. The molecule has 0 radical (unpaired) electrons. The van der Waals surface area contributed by atoms with E-state index in [-0.39, 0.29) is 0 Å². The zero-order chi connectivity index (χ0) is 15.4. The van der Waals surface area contributed by atoms with Gasteiger partial charge in [-0.1, -0.05) is 49.9 Å². The summed E-state index contributed by atoms with van der Waals surface area (Å²) >= 11 is 0. The van der Waals surface area contributed by atoms with E-state index in [1.54, 1.807) is 0 Å². The van der Waals surface area contributed by atoms with E-state index in [2.05, 4.69) is 56.4 Å². The first-order valence-corrected chi connectivity index (χ1v) is 7.18. The van der Waals surface area contributed by atoms with Crippen molar-refractivity contribution < 1.29 is 0 Å². The van der Waals surface area contributed by atoms with Gasteiger partial charge in [-0.15, -0.1) is 0 Å². The molecule has 0 saturated carbocycles. The van der Waals surface area contributed by atoms with Gasteiger partial charge in [-0.25, -0.2) is 0 Å². The summed E-state index contributed by atoms with van der Waals surface area (Å²) in [4.78, 5) is 6.68. The van der Waals surface area contributed by atoms with E-state index in [0.29, 0.717) is 0 Å². The fraction of sp³-hybridized carbons (Fsp3) is 0.529. The minimum atomic E-state index is 1.14. The number of benzene rings is 1. The fourth-order valence-electron chi connectivity index (χ4n) is 1.82. The van der Waals surface area contributed by atoms with Gasteiger partial charge in [0.2, 0.25) is 0 Å². The lowest BCUT2D eigenvalue weighted by Gasteiger charge is -2.36. The second kappa shape index (κ2) is 11.6. The minimum absolute atomic E-state index is 1.14. The third-order valence-electron chi connectivity index (χ3n) is 2.67. The summed E-state index contributed by atoms with van der Waals surface area (Å²) in [5.41, 5.74) is 1.17. The molecular weight excluding hydrogens is 246 g/mol. The third kappa shape index (κ3) is 10.7. The van der Waals surface area contributed by atoms with Crippen LogP contribution in [-0.2, 0) is 0 Å². The van der Waals surface area contributed by atoms with E-state index in [1.807, 2.05) is 36.4 Å². The maximum absolute atomic E-state index is 3.63. The second-order valence-electron chi connectivity index (χ2n) is 5.41. The van der Waals surface area contributed by atoms with E-state index < -0.39 is 0 Å². The van der Waals surface area contributed by atoms with Crippen molar-refractivity contribution in [2.45, 2.75) is 13.3 Å². The van der Waals surface area contributed by atoms with Gasteiger partial charge in [0, 0.05) is 0 Å². The number of nitrogens with zero attached hydrogens (tertiary/aromatic N) is 3. The van der Waals surface area contributed by atoms with Crippen LogP contribution in [0.3, 0.4) is 0 Å². The van der Waals surface area contributed by atoms with Gasteiger partial charge in [0.25, 0.3) is 0 Å². The average Bonchev–Trinajstić information content (AvgIpc) is 2.40. The first kappa shape index (κ1) is 18.8. The zero-order valence-electron chi connectivity index (χ0n) is 13.8. The smallest absolute Gasteiger partial charge is 0.0523 e. The Bertz CT molecular complexity index is 318. The topological polar surface area (TPSA) is 9.72 Å². The molecule has 0 unspecified atom stereocenters. The Morgan fingerprint density at radius 3 is 1.75 bits per heavy atom. The normalized spacial score (nSPS) is 14.5. The minimum Gasteiger partial charge on any atom is -0.309 e. The lowest BCUT2D eigenvalue weighted by Crippen LogP contribution is -2.50. The van der Waals surface area contributed by atoms with Crippen LogP contribution in [0, 0.1) is 0 Å². The van der Waals surface area contributed by atoms with Crippen LogP contribution >= 0.6 is 0 Å². The largest absolute Gasteiger partial charge is 0.309 e. The Labute approximate surface area is 125 Å². The fourth-order valence-corrected chi connectivity index (χ4v) is 1.82. The summed E-state index contributed by atoms with van der Waals surface area (Å²) in [7, 11) is 8.40. The van der Waals surface area contributed by atoms with Crippen molar-refractivity contribution in [3.05, 3.63) is 42.5 Å². The summed E-state index contributed by atoms with van der Waals surface area (Å²) in [6, 6.07) is 10.0. The van der Waals surface area contributed by atoms with Crippen molar-refractivity contribution in [1.29, 1.82) is 0 Å². The van der Waals surface area contributed by atoms with E-state index in [9.17, 15) is 0 Å². The standard InChI is InChI=1S/C8H8.C5H13N.C4H10N2/c1-2-8-6-4-3-5-7-8;1-4-5-6(2)3;1-5-3-6(2)4-5/h2-7H,1H2;4-5H2,1-3H3;3-4H2,1-2H3. The summed E-state index contributed by atoms with van der Waals surface area (Å²) in [5, 5.41) is 0. The monoisotopic (exact) mass is 277 g/mol. The molecule has 20 heavy (non-hydrogen) atoms. The molecule has 0 aromatic heterocycles. The molecule has 1 aliphatic heterocycles. The highest BCUT2D eigenvalue weighted by Gasteiger charge is 2.12. The van der Waals surface area contributed by atoms with Gasteiger partial charge in [0.05, 0.1) is 13.3 Å². The van der Waals surface area contributed by atoms with Crippen molar-refractivity contribution in [2.24, 2.45) is 0 Å². The van der Waals surface area contributed by atoms with Gasteiger partial charge in [-0.05, 0) is 46.7 Å². The Kier molecular flexibility index (Phi) is 11.0. The molecule has 0 aliphatic carbocycles. The molecule has 1 heterocycles. The maximum atomic E-state index is 3.63. The molecule has 1 aliphatic rings. The van der Waals surface area contributed by atoms with Gasteiger partial charge in [-0.3, -0.25) is 9.80 Å². The molecule has 0 amide bonds. The number of hydrogen-bond acceptors (Lipinski definition) is 3. The van der Waals surface area contributed by atoms with E-state index in [4.69, 9.17) is 0 Å². The average molecular weight is 277 g/mol. The molecule has 1 aromatic rings. The Hall–Kier alpha value is -1.16. The van der Waals surface area contributed by atoms with Crippen LogP contribution < -0.4 is 0 Å². The molecule has 3 heteroatoms. The van der Waals surface area contributed by atoms with Crippen LogP contribution in [0.15, 0.2) is 36.9 Å². The van der Waals surface area contributed by atoms with Gasteiger partial charge in [0.15, 0.2) is 0 Å². The molecule has 0 spiro atoms. The first-order chi connectivity index (χ1) is 9.49. The molecule has 114 valence electrons. The van der Waals surface area contributed by atoms with Crippen LogP contribution in [0.4, 0.5) is 0 Å². The van der Waals surface area contributed by atoms with Crippen LogP contribution in [0.25, 0.3) is 6.08 Å². The predicted molar refractivity (Wildman–Crippen MR) is 90.6 cm³/mol. The highest BCUT2D eigenvalue weighted by Crippen LogP contribution is 1.98. The summed E-state index contributed by atoms with van der Waals surface area (Å²) in [6.45, 7) is 9.30. The predicted octanol–water partition coefficient (Wildman–Crippen LogP) is 3.07. The van der Waals surface area contributed by atoms with Gasteiger partial charge in [-0.2, -0.15) is 0 Å². The lowest BCUT2D eigenvalue weighted by molar-refractivity contribution is 0.0149. The Morgan fingerprint density at radius 2 is 1.60 bits per heavy atom. The van der Waals surface area contributed by atoms with Crippen molar-refractivity contribution in [2.75, 3.05) is 48.1 Å². The summed E-state index contributed by atoms with van der Waals surface area (Å²) in [5.74, 6) is 0. The summed E-state index contributed by atoms with van der Waals surface area (Å²) < 4.78 is 0. The molecule has 0 N–H and O–H groups in total. The highest BCUT2D eigenvalue weighted by molar-refractivity contribution is 5.45. The number of hydrogen-bond donors (Lipinski definition) is 0. The quantitative estimate of drug-likeness (QED) is 0.841. The van der Waals surface area contributed by atoms with Crippen molar-refractivity contribution >= 4 is 6.08 Å². The van der Waals surface area contributed by atoms with Crippen LogP contribution in [0.1, 0.15) is 18.9 Å². The van der Waals surface area contributed by atoms with E-state index in [1.165, 1.54) is 18.5 Å². The van der Waals surface area contributed by atoms with Gasteiger partial charge < -0.3 is 4.90 Å². The highest BCUT2D eigenvalue weighted by atomic mass is 15.5. The van der Waals surface area contributed by atoms with E-state index >= 15 is 0 Å². The number of rotatable bonds is 3. The van der Waals surface area contributed by atoms with E-state index in [0.717, 1.165) is 13.3 Å². The van der Waals surface area contributed by atoms with Gasteiger partial charge >= 0.3 is 0 Å². The van der Waals surface area contributed by atoms with Gasteiger partial charge in [0.1, 0.15) is 0 Å². The first-order valence-electron chi connectivity index (χ1n) is 7.18. The van der Waals surface area contributed by atoms with Crippen molar-refractivity contribution in [3.63, 3.8) is 0 Å². The molecule has 0 atom stereocenters. The van der Waals surface area contributed by atoms with Crippen molar-refractivity contribution in [1.82, 2.24) is 14.7 Å². The Morgan fingerprint density at radius 1 is 1.10 bits per heavy atom. The third-order valence-corrected chi connectivity index (χ3v) is 2.67. The zero-order valence-corrected chi connectivity index (χ0v) is 13.8. The molecule has 3 nitrogen and oxygen atoms in total. The molecule has 0 bridgehead atoms. The van der Waals surface area contributed by atoms with Crippen LogP contribution in [-0.4, -0.2) is 62.8 Å². The summed E-state index contributed by atoms with van der Waals surface area (Å²) in [6.07, 6.45) is 3.09. The SMILES string of the molecule is C=Cc1ccccc1.CCCN(C)C.CN1CN(C)C1. The van der Waals surface area contributed by atoms with Crippen LogP contribution in [0.5, 0.6) is 0 Å². The van der Waals surface area contributed by atoms with Crippen molar-refractivity contribution in [3.8, 4) is 0 Å². The molecule has 1 fully saturated rings. The Balaban J connectivity index is 0.000000276. The lowest BCUT2D eigenvalue weighted by atomic mass is 10.2.